The lowest BCUT2D eigenvalue weighted by molar-refractivity contribution is -0.190. The van der Waals surface area contributed by atoms with Crippen molar-refractivity contribution in [1.29, 1.82) is 0 Å². The third kappa shape index (κ3) is 5.20. The second-order valence-corrected chi connectivity index (χ2v) is 10.2. The lowest BCUT2D eigenvalue weighted by Crippen LogP contribution is -2.43. The Balaban J connectivity index is 1.46. The first-order chi connectivity index (χ1) is 15.2. The van der Waals surface area contributed by atoms with Gasteiger partial charge in [-0.1, -0.05) is 29.8 Å². The Labute approximate surface area is 195 Å². The van der Waals surface area contributed by atoms with E-state index < -0.39 is 18.1 Å². The molecule has 1 N–H and O–H groups in total. The number of rotatable bonds is 5. The number of nitrogens with one attached hydrogen (secondary N) is 1. The molecule has 0 bridgehead atoms. The predicted octanol–water partition coefficient (Wildman–Crippen LogP) is 6.12. The van der Waals surface area contributed by atoms with E-state index in [2.05, 4.69) is 5.32 Å². The zero-order valence-corrected chi connectivity index (χ0v) is 19.4. The molecule has 1 saturated heterocycles. The highest BCUT2D eigenvalue weighted by atomic mass is 35.5. The number of alkyl halides is 3. The van der Waals surface area contributed by atoms with E-state index in [0.717, 1.165) is 34.9 Å². The summed E-state index contributed by atoms with van der Waals surface area (Å²) >= 11 is 7.81. The fraction of sp³-hybridized carbons (Fsp3) is 0.458. The largest absolute Gasteiger partial charge is 0.413 e. The standard InChI is InChI=1S/C24H26ClF3N2OS/c1-30(23(31)16-8-10-32-11-9-16)22(24(26,27)28)15-3-6-20(7-4-15)29-21-13-17-2-5-19(25)12-18(17)14-21/h2-7,12,16,21-22,29H,8-11,13-14H2,1H3/t21?,22-/m0/s1. The summed E-state index contributed by atoms with van der Waals surface area (Å²) in [4.78, 5) is 13.7. The summed E-state index contributed by atoms with van der Waals surface area (Å²) < 4.78 is 41.9. The molecular weight excluding hydrogens is 457 g/mol. The van der Waals surface area contributed by atoms with Crippen LogP contribution in [0.25, 0.3) is 0 Å². The van der Waals surface area contributed by atoms with Crippen LogP contribution in [0.4, 0.5) is 18.9 Å². The molecule has 0 radical (unpaired) electrons. The quantitative estimate of drug-likeness (QED) is 0.557. The van der Waals surface area contributed by atoms with Gasteiger partial charge >= 0.3 is 6.18 Å². The molecule has 3 nitrogen and oxygen atoms in total. The Morgan fingerprint density at radius 3 is 2.41 bits per heavy atom. The van der Waals surface area contributed by atoms with Crippen molar-refractivity contribution >= 4 is 35.0 Å². The lowest BCUT2D eigenvalue weighted by Gasteiger charge is -2.34. The third-order valence-corrected chi connectivity index (χ3v) is 7.60. The number of benzene rings is 2. The van der Waals surface area contributed by atoms with Gasteiger partial charge in [-0.15, -0.1) is 0 Å². The van der Waals surface area contributed by atoms with Crippen LogP contribution in [0, 0.1) is 5.92 Å². The SMILES string of the molecule is CN(C(=O)C1CCSCC1)[C@@H](c1ccc(NC2Cc3ccc(Cl)cc3C2)cc1)C(F)(F)F. The normalized spacial score (nSPS) is 20.0. The van der Waals surface area contributed by atoms with Crippen molar-refractivity contribution < 1.29 is 18.0 Å². The van der Waals surface area contributed by atoms with Crippen molar-refractivity contribution in [3.63, 3.8) is 0 Å². The number of hydrogen-bond donors (Lipinski definition) is 1. The highest BCUT2D eigenvalue weighted by Gasteiger charge is 2.46. The Kier molecular flexibility index (Phi) is 6.96. The van der Waals surface area contributed by atoms with Crippen LogP contribution in [0.5, 0.6) is 0 Å². The molecule has 2 aliphatic rings. The van der Waals surface area contributed by atoms with Gasteiger partial charge in [0.2, 0.25) is 5.91 Å². The first kappa shape index (κ1) is 23.3. The van der Waals surface area contributed by atoms with Crippen molar-refractivity contribution in [2.24, 2.45) is 5.92 Å². The minimum absolute atomic E-state index is 0.0746. The molecule has 1 aliphatic carbocycles. The highest BCUT2D eigenvalue weighted by molar-refractivity contribution is 7.99. The molecule has 4 rings (SSSR count). The number of carbonyl (C=O) groups excluding carboxylic acids is 1. The number of halogens is 4. The summed E-state index contributed by atoms with van der Waals surface area (Å²) in [5.41, 5.74) is 3.27. The summed E-state index contributed by atoms with van der Waals surface area (Å²) in [6, 6.07) is 10.4. The molecule has 0 aromatic heterocycles. The van der Waals surface area contributed by atoms with Crippen LogP contribution >= 0.6 is 23.4 Å². The molecule has 2 aromatic rings. The van der Waals surface area contributed by atoms with Crippen molar-refractivity contribution in [2.75, 3.05) is 23.9 Å². The van der Waals surface area contributed by atoms with Crippen LogP contribution in [-0.2, 0) is 17.6 Å². The Morgan fingerprint density at radius 2 is 1.75 bits per heavy atom. The molecule has 1 amide bonds. The van der Waals surface area contributed by atoms with E-state index in [1.165, 1.54) is 30.3 Å². The second-order valence-electron chi connectivity index (χ2n) is 8.56. The van der Waals surface area contributed by atoms with Gasteiger partial charge in [-0.2, -0.15) is 24.9 Å². The van der Waals surface area contributed by atoms with Crippen LogP contribution < -0.4 is 5.32 Å². The average Bonchev–Trinajstić information content (AvgIpc) is 3.15. The molecule has 0 saturated carbocycles. The van der Waals surface area contributed by atoms with Crippen LogP contribution in [-0.4, -0.2) is 41.6 Å². The molecule has 32 heavy (non-hydrogen) atoms. The molecule has 1 unspecified atom stereocenters. The maximum Gasteiger partial charge on any atom is 0.413 e. The molecule has 1 fully saturated rings. The van der Waals surface area contributed by atoms with Gasteiger partial charge < -0.3 is 10.2 Å². The van der Waals surface area contributed by atoms with Gasteiger partial charge in [0.05, 0.1) is 0 Å². The second kappa shape index (κ2) is 9.56. The van der Waals surface area contributed by atoms with Crippen LogP contribution in [0.1, 0.15) is 35.6 Å². The summed E-state index contributed by atoms with van der Waals surface area (Å²) in [5.74, 6) is 0.888. The van der Waals surface area contributed by atoms with Gasteiger partial charge in [-0.05, 0) is 78.1 Å². The van der Waals surface area contributed by atoms with E-state index in [-0.39, 0.29) is 17.5 Å². The van der Waals surface area contributed by atoms with E-state index in [1.54, 1.807) is 23.9 Å². The number of anilines is 1. The number of thioether (sulfide) groups is 1. The maximum atomic E-state index is 14.0. The number of carbonyl (C=O) groups is 1. The molecule has 1 heterocycles. The summed E-state index contributed by atoms with van der Waals surface area (Å²) in [6.07, 6.45) is -1.61. The molecule has 172 valence electrons. The Hall–Kier alpha value is -1.86. The molecule has 8 heteroatoms. The van der Waals surface area contributed by atoms with Gasteiger partial charge in [-0.3, -0.25) is 4.79 Å². The van der Waals surface area contributed by atoms with Crippen molar-refractivity contribution in [3.8, 4) is 0 Å². The molecule has 2 aromatic carbocycles. The van der Waals surface area contributed by atoms with Gasteiger partial charge in [0, 0.05) is 29.7 Å². The minimum atomic E-state index is -4.55. The van der Waals surface area contributed by atoms with Crippen LogP contribution in [0.15, 0.2) is 42.5 Å². The van der Waals surface area contributed by atoms with Gasteiger partial charge in [0.1, 0.15) is 0 Å². The summed E-state index contributed by atoms with van der Waals surface area (Å²) in [5, 5.41) is 4.11. The number of amides is 1. The lowest BCUT2D eigenvalue weighted by atomic mass is 9.98. The minimum Gasteiger partial charge on any atom is -0.382 e. The third-order valence-electron chi connectivity index (χ3n) is 6.31. The number of fused-ring (bicyclic) bond motifs is 1. The van der Waals surface area contributed by atoms with Crippen molar-refractivity contribution in [2.45, 2.75) is 43.9 Å². The van der Waals surface area contributed by atoms with E-state index >= 15 is 0 Å². The molecule has 2 atom stereocenters. The fourth-order valence-electron chi connectivity index (χ4n) is 4.68. The summed E-state index contributed by atoms with van der Waals surface area (Å²) in [7, 11) is 1.27. The van der Waals surface area contributed by atoms with Gasteiger partial charge in [0.25, 0.3) is 0 Å². The average molecular weight is 483 g/mol. The zero-order valence-electron chi connectivity index (χ0n) is 17.8. The molecule has 0 spiro atoms. The topological polar surface area (TPSA) is 32.3 Å². The molecule has 1 aliphatic heterocycles. The van der Waals surface area contributed by atoms with E-state index in [0.29, 0.717) is 17.9 Å². The Bertz CT molecular complexity index is 961. The summed E-state index contributed by atoms with van der Waals surface area (Å²) in [6.45, 7) is 0. The van der Waals surface area contributed by atoms with Crippen LogP contribution in [0.2, 0.25) is 5.02 Å². The predicted molar refractivity (Wildman–Crippen MR) is 124 cm³/mol. The smallest absolute Gasteiger partial charge is 0.382 e. The van der Waals surface area contributed by atoms with Crippen LogP contribution in [0.3, 0.4) is 0 Å². The number of hydrogen-bond acceptors (Lipinski definition) is 3. The first-order valence-electron chi connectivity index (χ1n) is 10.8. The highest BCUT2D eigenvalue weighted by Crippen LogP contribution is 2.39. The van der Waals surface area contributed by atoms with E-state index in [4.69, 9.17) is 11.6 Å². The van der Waals surface area contributed by atoms with Gasteiger partial charge in [-0.25, -0.2) is 0 Å². The van der Waals surface area contributed by atoms with E-state index in [9.17, 15) is 18.0 Å². The maximum absolute atomic E-state index is 14.0. The Morgan fingerprint density at radius 1 is 1.09 bits per heavy atom. The first-order valence-corrected chi connectivity index (χ1v) is 12.3. The van der Waals surface area contributed by atoms with Crippen molar-refractivity contribution in [3.05, 3.63) is 64.2 Å². The van der Waals surface area contributed by atoms with E-state index in [1.807, 2.05) is 18.2 Å². The fourth-order valence-corrected chi connectivity index (χ4v) is 5.98. The number of nitrogens with zero attached hydrogens (tertiary/aromatic N) is 1. The van der Waals surface area contributed by atoms with Gasteiger partial charge in [0.15, 0.2) is 6.04 Å². The monoisotopic (exact) mass is 482 g/mol. The zero-order chi connectivity index (χ0) is 22.9. The molecular formula is C24H26ClF3N2OS. The van der Waals surface area contributed by atoms with Crippen molar-refractivity contribution in [1.82, 2.24) is 4.90 Å².